The molecule has 6 heteroatoms. The molecule has 2 amide bonds. The van der Waals surface area contributed by atoms with Crippen molar-refractivity contribution in [1.82, 2.24) is 10.6 Å². The maximum atomic E-state index is 11.6. The van der Waals surface area contributed by atoms with Gasteiger partial charge in [0.25, 0.3) is 5.91 Å². The zero-order chi connectivity index (χ0) is 12.8. The summed E-state index contributed by atoms with van der Waals surface area (Å²) in [4.78, 5) is 22.6. The van der Waals surface area contributed by atoms with E-state index < -0.39 is 5.91 Å². The molecule has 0 saturated carbocycles. The van der Waals surface area contributed by atoms with Gasteiger partial charge in [-0.3, -0.25) is 9.59 Å². The number of carbonyl (C=O) groups is 2. The summed E-state index contributed by atoms with van der Waals surface area (Å²) in [6, 6.07) is 4.55. The predicted octanol–water partition coefficient (Wildman–Crippen LogP) is -0.123. The van der Waals surface area contributed by atoms with Crippen molar-refractivity contribution in [2.45, 2.75) is 0 Å². The standard InChI is InChI=1S/C11H14N2O4/c1-12-9(14)6-13-11(16)7-4-3-5-8(17-2)10(7)15/h3-5,15H,6H2,1-2H3,(H,12,14)(H,13,16). The largest absolute Gasteiger partial charge is 0.504 e. The molecular formula is C11H14N2O4. The van der Waals surface area contributed by atoms with E-state index in [1.807, 2.05) is 0 Å². The van der Waals surface area contributed by atoms with Gasteiger partial charge < -0.3 is 20.5 Å². The van der Waals surface area contributed by atoms with Crippen LogP contribution in [0.4, 0.5) is 0 Å². The molecule has 92 valence electrons. The minimum Gasteiger partial charge on any atom is -0.504 e. The van der Waals surface area contributed by atoms with Gasteiger partial charge in [0.1, 0.15) is 0 Å². The lowest BCUT2D eigenvalue weighted by atomic mass is 10.1. The molecule has 0 spiro atoms. The zero-order valence-corrected chi connectivity index (χ0v) is 9.61. The van der Waals surface area contributed by atoms with Crippen molar-refractivity contribution >= 4 is 11.8 Å². The number of rotatable bonds is 4. The Morgan fingerprint density at radius 1 is 1.41 bits per heavy atom. The summed E-state index contributed by atoms with van der Waals surface area (Å²) in [5.74, 6) is -0.896. The van der Waals surface area contributed by atoms with Gasteiger partial charge in [-0.05, 0) is 12.1 Å². The number of ether oxygens (including phenoxy) is 1. The molecule has 6 nitrogen and oxygen atoms in total. The van der Waals surface area contributed by atoms with E-state index >= 15 is 0 Å². The van der Waals surface area contributed by atoms with Crippen LogP contribution in [0.2, 0.25) is 0 Å². The molecular weight excluding hydrogens is 224 g/mol. The van der Waals surface area contributed by atoms with Gasteiger partial charge in [0.15, 0.2) is 11.5 Å². The molecule has 1 aromatic carbocycles. The second-order valence-corrected chi connectivity index (χ2v) is 3.21. The number of para-hydroxylation sites is 1. The van der Waals surface area contributed by atoms with Gasteiger partial charge in [0, 0.05) is 7.05 Å². The summed E-state index contributed by atoms with van der Waals surface area (Å²) in [6.07, 6.45) is 0. The molecule has 0 unspecified atom stereocenters. The monoisotopic (exact) mass is 238 g/mol. The maximum Gasteiger partial charge on any atom is 0.255 e. The van der Waals surface area contributed by atoms with E-state index in [2.05, 4.69) is 10.6 Å². The van der Waals surface area contributed by atoms with Crippen molar-refractivity contribution in [3.63, 3.8) is 0 Å². The highest BCUT2D eigenvalue weighted by Gasteiger charge is 2.14. The molecule has 0 fully saturated rings. The molecule has 0 saturated heterocycles. The van der Waals surface area contributed by atoms with Crippen LogP contribution in [0.25, 0.3) is 0 Å². The summed E-state index contributed by atoms with van der Waals surface area (Å²) < 4.78 is 4.87. The van der Waals surface area contributed by atoms with Crippen LogP contribution in [0.5, 0.6) is 11.5 Å². The van der Waals surface area contributed by atoms with E-state index in [1.54, 1.807) is 6.07 Å². The fourth-order valence-electron chi connectivity index (χ4n) is 1.21. The van der Waals surface area contributed by atoms with Gasteiger partial charge in [0.2, 0.25) is 5.91 Å². The number of benzene rings is 1. The van der Waals surface area contributed by atoms with Crippen LogP contribution in [0.3, 0.4) is 0 Å². The highest BCUT2D eigenvalue weighted by atomic mass is 16.5. The van der Waals surface area contributed by atoms with E-state index in [0.29, 0.717) is 0 Å². The van der Waals surface area contributed by atoms with Crippen LogP contribution in [-0.4, -0.2) is 37.6 Å². The smallest absolute Gasteiger partial charge is 0.255 e. The topological polar surface area (TPSA) is 87.7 Å². The Morgan fingerprint density at radius 2 is 2.12 bits per heavy atom. The third-order valence-electron chi connectivity index (χ3n) is 2.15. The molecule has 17 heavy (non-hydrogen) atoms. The number of likely N-dealkylation sites (N-methyl/N-ethyl adjacent to an activating group) is 1. The fraction of sp³-hybridized carbons (Fsp3) is 0.273. The number of carbonyl (C=O) groups excluding carboxylic acids is 2. The molecule has 0 atom stereocenters. The van der Waals surface area contributed by atoms with Gasteiger partial charge >= 0.3 is 0 Å². The lowest BCUT2D eigenvalue weighted by molar-refractivity contribution is -0.119. The highest BCUT2D eigenvalue weighted by molar-refractivity contribution is 5.99. The van der Waals surface area contributed by atoms with Gasteiger partial charge in [0.05, 0.1) is 19.2 Å². The number of phenols is 1. The van der Waals surface area contributed by atoms with E-state index in [0.717, 1.165) is 0 Å². The third-order valence-corrected chi connectivity index (χ3v) is 2.15. The average Bonchev–Trinajstić information content (AvgIpc) is 2.35. The molecule has 0 heterocycles. The third kappa shape index (κ3) is 3.10. The first-order valence-corrected chi connectivity index (χ1v) is 4.95. The van der Waals surface area contributed by atoms with Gasteiger partial charge in [-0.25, -0.2) is 0 Å². The lowest BCUT2D eigenvalue weighted by Crippen LogP contribution is -2.35. The number of amides is 2. The van der Waals surface area contributed by atoms with Crippen LogP contribution in [0, 0.1) is 0 Å². The first kappa shape index (κ1) is 12.8. The Kier molecular flexibility index (Phi) is 4.33. The average molecular weight is 238 g/mol. The lowest BCUT2D eigenvalue weighted by Gasteiger charge is -2.08. The fourth-order valence-corrected chi connectivity index (χ4v) is 1.21. The summed E-state index contributed by atoms with van der Waals surface area (Å²) in [7, 11) is 2.86. The molecule has 0 aliphatic carbocycles. The summed E-state index contributed by atoms with van der Waals surface area (Å²) in [5, 5.41) is 14.4. The Labute approximate surface area is 98.6 Å². The van der Waals surface area contributed by atoms with Crippen molar-refractivity contribution in [2.24, 2.45) is 0 Å². The molecule has 0 aliphatic rings. The number of phenolic OH excluding ortho intramolecular Hbond substituents is 1. The van der Waals surface area contributed by atoms with Crippen LogP contribution >= 0.6 is 0 Å². The molecule has 3 N–H and O–H groups in total. The summed E-state index contributed by atoms with van der Waals surface area (Å²) in [6.45, 7) is -0.147. The highest BCUT2D eigenvalue weighted by Crippen LogP contribution is 2.28. The number of aromatic hydroxyl groups is 1. The van der Waals surface area contributed by atoms with E-state index in [1.165, 1.54) is 26.3 Å². The molecule has 0 radical (unpaired) electrons. The van der Waals surface area contributed by atoms with Crippen molar-refractivity contribution in [2.75, 3.05) is 20.7 Å². The number of hydrogen-bond acceptors (Lipinski definition) is 4. The van der Waals surface area contributed by atoms with Crippen LogP contribution < -0.4 is 15.4 Å². The Hall–Kier alpha value is -2.24. The van der Waals surface area contributed by atoms with Gasteiger partial charge in [-0.2, -0.15) is 0 Å². The molecule has 0 aromatic heterocycles. The zero-order valence-electron chi connectivity index (χ0n) is 9.61. The summed E-state index contributed by atoms with van der Waals surface area (Å²) >= 11 is 0. The predicted molar refractivity (Wildman–Crippen MR) is 61.1 cm³/mol. The van der Waals surface area contributed by atoms with Crippen LogP contribution in [-0.2, 0) is 4.79 Å². The molecule has 0 bridgehead atoms. The quantitative estimate of drug-likeness (QED) is 0.682. The van der Waals surface area contributed by atoms with Crippen molar-refractivity contribution in [3.8, 4) is 11.5 Å². The SMILES string of the molecule is CNC(=O)CNC(=O)c1cccc(OC)c1O. The van der Waals surface area contributed by atoms with E-state index in [4.69, 9.17) is 4.74 Å². The van der Waals surface area contributed by atoms with Gasteiger partial charge in [-0.1, -0.05) is 6.07 Å². The minimum absolute atomic E-state index is 0.0632. The Bertz CT molecular complexity index is 431. The first-order valence-electron chi connectivity index (χ1n) is 4.95. The molecule has 0 aliphatic heterocycles. The first-order chi connectivity index (χ1) is 8.10. The maximum absolute atomic E-state index is 11.6. The minimum atomic E-state index is -0.537. The summed E-state index contributed by atoms with van der Waals surface area (Å²) in [5.41, 5.74) is 0.0632. The van der Waals surface area contributed by atoms with Gasteiger partial charge in [-0.15, -0.1) is 0 Å². The van der Waals surface area contributed by atoms with Crippen LogP contribution in [0.1, 0.15) is 10.4 Å². The van der Waals surface area contributed by atoms with E-state index in [9.17, 15) is 14.7 Å². The number of hydrogen-bond donors (Lipinski definition) is 3. The van der Waals surface area contributed by atoms with Crippen molar-refractivity contribution < 1.29 is 19.4 Å². The van der Waals surface area contributed by atoms with Crippen molar-refractivity contribution in [1.29, 1.82) is 0 Å². The second kappa shape index (κ2) is 5.74. The normalized spacial score (nSPS) is 9.53. The number of methoxy groups -OCH3 is 1. The second-order valence-electron chi connectivity index (χ2n) is 3.21. The number of nitrogens with one attached hydrogen (secondary N) is 2. The van der Waals surface area contributed by atoms with Crippen molar-refractivity contribution in [3.05, 3.63) is 23.8 Å². The molecule has 1 aromatic rings. The van der Waals surface area contributed by atoms with E-state index in [-0.39, 0.29) is 29.5 Å². The Balaban J connectivity index is 2.79. The van der Waals surface area contributed by atoms with Crippen LogP contribution in [0.15, 0.2) is 18.2 Å². The molecule has 1 rings (SSSR count). The Morgan fingerprint density at radius 3 is 2.71 bits per heavy atom.